The van der Waals surface area contributed by atoms with Crippen LogP contribution in [-0.4, -0.2) is 24.4 Å². The number of carbonyl (C=O) groups is 3. The third kappa shape index (κ3) is 9.44. The van der Waals surface area contributed by atoms with Crippen molar-refractivity contribution in [2.24, 2.45) is 0 Å². The zero-order chi connectivity index (χ0) is 26.8. The Balaban J connectivity index is 1.34. The van der Waals surface area contributed by atoms with Crippen LogP contribution in [0.4, 0.5) is 11.4 Å². The van der Waals surface area contributed by atoms with Crippen molar-refractivity contribution in [3.63, 3.8) is 0 Å². The van der Waals surface area contributed by atoms with E-state index in [1.807, 2.05) is 31.2 Å². The van der Waals surface area contributed by atoms with Crippen LogP contribution in [0.25, 0.3) is 0 Å². The van der Waals surface area contributed by atoms with Gasteiger partial charge in [0.1, 0.15) is 11.5 Å². The van der Waals surface area contributed by atoms with Crippen LogP contribution in [0.2, 0.25) is 0 Å². The van der Waals surface area contributed by atoms with Crippen molar-refractivity contribution in [2.45, 2.75) is 52.4 Å². The minimum atomic E-state index is -0.524. The third-order valence-corrected chi connectivity index (χ3v) is 5.58. The second-order valence-electron chi connectivity index (χ2n) is 9.88. The molecule has 0 bridgehead atoms. The number of nitrogens with one attached hydrogen (secondary N) is 2. The summed E-state index contributed by atoms with van der Waals surface area (Å²) in [4.78, 5) is 36.0. The van der Waals surface area contributed by atoms with Gasteiger partial charge in [-0.05, 0) is 72.9 Å². The van der Waals surface area contributed by atoms with E-state index in [0.717, 1.165) is 11.3 Å². The maximum atomic E-state index is 12.2. The van der Waals surface area contributed by atoms with Crippen LogP contribution in [0.5, 0.6) is 11.5 Å². The van der Waals surface area contributed by atoms with E-state index in [2.05, 4.69) is 43.5 Å². The molecule has 0 atom stereocenters. The number of aryl methyl sites for hydroxylation is 1. The second kappa shape index (κ2) is 12.7. The Kier molecular flexibility index (Phi) is 9.44. The quantitative estimate of drug-likeness (QED) is 0.314. The average molecular weight is 503 g/mol. The molecule has 3 rings (SSSR count). The molecule has 37 heavy (non-hydrogen) atoms. The van der Waals surface area contributed by atoms with E-state index in [0.29, 0.717) is 23.5 Å². The Bertz CT molecular complexity index is 1190. The molecule has 0 aliphatic rings. The number of rotatable bonds is 10. The Morgan fingerprint density at radius 3 is 1.78 bits per heavy atom. The van der Waals surface area contributed by atoms with E-state index >= 15 is 0 Å². The molecule has 2 amide bonds. The van der Waals surface area contributed by atoms with Gasteiger partial charge in [-0.3, -0.25) is 14.4 Å². The van der Waals surface area contributed by atoms with Gasteiger partial charge in [-0.1, -0.05) is 50.6 Å². The highest BCUT2D eigenvalue weighted by atomic mass is 16.5. The molecule has 7 nitrogen and oxygen atoms in total. The second-order valence-corrected chi connectivity index (χ2v) is 9.88. The van der Waals surface area contributed by atoms with Crippen LogP contribution >= 0.6 is 0 Å². The summed E-state index contributed by atoms with van der Waals surface area (Å²) < 4.78 is 10.9. The van der Waals surface area contributed by atoms with Gasteiger partial charge in [-0.2, -0.15) is 0 Å². The molecule has 194 valence electrons. The maximum Gasteiger partial charge on any atom is 0.306 e. The Morgan fingerprint density at radius 2 is 1.22 bits per heavy atom. The van der Waals surface area contributed by atoms with E-state index < -0.39 is 11.9 Å². The maximum absolute atomic E-state index is 12.2. The number of benzene rings is 3. The van der Waals surface area contributed by atoms with Crippen LogP contribution in [0.3, 0.4) is 0 Å². The topological polar surface area (TPSA) is 93.7 Å². The number of hydrogen-bond donors (Lipinski definition) is 2. The van der Waals surface area contributed by atoms with Crippen molar-refractivity contribution >= 4 is 29.2 Å². The number of hydrogen-bond acceptors (Lipinski definition) is 5. The highest BCUT2D eigenvalue weighted by molar-refractivity contribution is 5.93. The fourth-order valence-corrected chi connectivity index (χ4v) is 3.43. The molecular weight excluding hydrogens is 468 g/mol. The van der Waals surface area contributed by atoms with E-state index in [4.69, 9.17) is 9.47 Å². The van der Waals surface area contributed by atoms with Gasteiger partial charge in [0.2, 0.25) is 5.91 Å². The lowest BCUT2D eigenvalue weighted by atomic mass is 9.87. The van der Waals surface area contributed by atoms with Crippen LogP contribution in [0.1, 0.15) is 51.2 Å². The lowest BCUT2D eigenvalue weighted by Crippen LogP contribution is -2.21. The van der Waals surface area contributed by atoms with Crippen LogP contribution < -0.4 is 15.4 Å². The molecule has 3 aromatic rings. The van der Waals surface area contributed by atoms with Gasteiger partial charge in [-0.25, -0.2) is 0 Å². The van der Waals surface area contributed by atoms with Crippen LogP contribution in [-0.2, 0) is 24.5 Å². The van der Waals surface area contributed by atoms with Crippen molar-refractivity contribution < 1.29 is 23.9 Å². The summed E-state index contributed by atoms with van der Waals surface area (Å²) in [5.41, 5.74) is 3.66. The molecule has 3 aromatic carbocycles. The van der Waals surface area contributed by atoms with Crippen molar-refractivity contribution in [3.8, 4) is 11.5 Å². The number of esters is 1. The largest absolute Gasteiger partial charge is 0.457 e. The highest BCUT2D eigenvalue weighted by Gasteiger charge is 2.13. The summed E-state index contributed by atoms with van der Waals surface area (Å²) in [7, 11) is 0. The number of ether oxygens (including phenoxy) is 2. The Morgan fingerprint density at radius 1 is 0.703 bits per heavy atom. The molecule has 0 heterocycles. The van der Waals surface area contributed by atoms with Gasteiger partial charge in [0.15, 0.2) is 6.61 Å². The summed E-state index contributed by atoms with van der Waals surface area (Å²) in [5, 5.41) is 5.46. The fourth-order valence-electron chi connectivity index (χ4n) is 3.43. The molecule has 0 radical (unpaired) electrons. The summed E-state index contributed by atoms with van der Waals surface area (Å²) in [6.07, 6.45) is 0.519. The first-order valence-corrected chi connectivity index (χ1v) is 12.3. The van der Waals surface area contributed by atoms with Gasteiger partial charge in [0, 0.05) is 24.2 Å². The Hall–Kier alpha value is -4.13. The predicted octanol–water partition coefficient (Wildman–Crippen LogP) is 6.38. The summed E-state index contributed by atoms with van der Waals surface area (Å²) in [6.45, 7) is 8.07. The van der Waals surface area contributed by atoms with Gasteiger partial charge in [-0.15, -0.1) is 0 Å². The predicted molar refractivity (Wildman–Crippen MR) is 145 cm³/mol. The monoisotopic (exact) mass is 502 g/mol. The SMILES string of the molecule is Cc1ccc(NC(=O)COC(=O)CCCC(=O)Nc2ccc(Oc3ccc(C(C)(C)C)cc3)cc2)cc1. The van der Waals surface area contributed by atoms with E-state index in [1.165, 1.54) is 5.56 Å². The van der Waals surface area contributed by atoms with Crippen LogP contribution in [0.15, 0.2) is 72.8 Å². The lowest BCUT2D eigenvalue weighted by molar-refractivity contribution is -0.147. The molecule has 0 aliphatic carbocycles. The van der Waals surface area contributed by atoms with Crippen LogP contribution in [0, 0.1) is 6.92 Å². The van der Waals surface area contributed by atoms with Crippen molar-refractivity contribution in [1.29, 1.82) is 0 Å². The first-order chi connectivity index (χ1) is 17.6. The fraction of sp³-hybridized carbons (Fsp3) is 0.300. The van der Waals surface area contributed by atoms with Crippen molar-refractivity contribution in [2.75, 3.05) is 17.2 Å². The molecule has 2 N–H and O–H groups in total. The minimum Gasteiger partial charge on any atom is -0.457 e. The molecule has 0 spiro atoms. The zero-order valence-electron chi connectivity index (χ0n) is 21.8. The molecule has 0 saturated heterocycles. The Labute approximate surface area is 218 Å². The minimum absolute atomic E-state index is 0.0476. The van der Waals surface area contributed by atoms with Crippen molar-refractivity contribution in [3.05, 3.63) is 83.9 Å². The average Bonchev–Trinajstić information content (AvgIpc) is 2.85. The first kappa shape index (κ1) is 27.5. The normalized spacial score (nSPS) is 10.9. The number of amides is 2. The molecule has 7 heteroatoms. The lowest BCUT2D eigenvalue weighted by Gasteiger charge is -2.19. The standard InChI is InChI=1S/C30H34N2O5/c1-21-8-12-23(13-9-21)32-28(34)20-36-29(35)7-5-6-27(33)31-24-14-18-26(19-15-24)37-25-16-10-22(11-17-25)30(2,3)4/h8-19H,5-7,20H2,1-4H3,(H,31,33)(H,32,34). The molecule has 0 saturated carbocycles. The molecule has 0 unspecified atom stereocenters. The van der Waals surface area contributed by atoms with E-state index in [1.54, 1.807) is 36.4 Å². The van der Waals surface area contributed by atoms with E-state index in [9.17, 15) is 14.4 Å². The first-order valence-electron chi connectivity index (χ1n) is 12.3. The zero-order valence-corrected chi connectivity index (χ0v) is 21.8. The molecule has 0 fully saturated rings. The summed E-state index contributed by atoms with van der Waals surface area (Å²) in [6, 6.07) is 22.4. The van der Waals surface area contributed by atoms with E-state index in [-0.39, 0.29) is 30.8 Å². The van der Waals surface area contributed by atoms with Gasteiger partial charge >= 0.3 is 5.97 Å². The molecule has 0 aliphatic heterocycles. The van der Waals surface area contributed by atoms with Crippen molar-refractivity contribution in [1.82, 2.24) is 0 Å². The third-order valence-electron chi connectivity index (χ3n) is 5.58. The highest BCUT2D eigenvalue weighted by Crippen LogP contribution is 2.27. The number of carbonyl (C=O) groups excluding carboxylic acids is 3. The number of anilines is 2. The molecule has 0 aromatic heterocycles. The summed E-state index contributed by atoms with van der Waals surface area (Å²) >= 11 is 0. The molecular formula is C30H34N2O5. The summed E-state index contributed by atoms with van der Waals surface area (Å²) in [5.74, 6) is 0.254. The smallest absolute Gasteiger partial charge is 0.306 e. The van der Waals surface area contributed by atoms with Gasteiger partial charge < -0.3 is 20.1 Å². The van der Waals surface area contributed by atoms with Gasteiger partial charge in [0.25, 0.3) is 5.91 Å². The van der Waals surface area contributed by atoms with Gasteiger partial charge in [0.05, 0.1) is 0 Å².